The number of carboxylic acids is 1. The van der Waals surface area contributed by atoms with Gasteiger partial charge in [0, 0.05) is 68.3 Å². The summed E-state index contributed by atoms with van der Waals surface area (Å²) in [5.41, 5.74) is 2.06. The van der Waals surface area contributed by atoms with Gasteiger partial charge in [-0.2, -0.15) is 0 Å². The number of carbonyl (C=O) groups excluding carboxylic acids is 2. The minimum atomic E-state index is -1.19. The number of fused-ring (bicyclic) bond motifs is 1. The van der Waals surface area contributed by atoms with E-state index in [0.717, 1.165) is 63.6 Å². The van der Waals surface area contributed by atoms with Crippen LogP contribution in [0.2, 0.25) is 0 Å². The van der Waals surface area contributed by atoms with E-state index in [4.69, 9.17) is 5.11 Å². The second-order valence-electron chi connectivity index (χ2n) is 11.9. The third-order valence-electron chi connectivity index (χ3n) is 9.26. The third-order valence-corrected chi connectivity index (χ3v) is 9.26. The molecule has 2 aromatic rings. The Morgan fingerprint density at radius 2 is 1.79 bits per heavy atom. The van der Waals surface area contributed by atoms with Crippen LogP contribution in [0.25, 0.3) is 0 Å². The molecular formula is C30H38N6O6. The van der Waals surface area contributed by atoms with E-state index in [1.807, 2.05) is 12.1 Å². The van der Waals surface area contributed by atoms with Crippen molar-refractivity contribution >= 4 is 29.3 Å². The van der Waals surface area contributed by atoms with E-state index in [1.165, 1.54) is 11.1 Å². The summed E-state index contributed by atoms with van der Waals surface area (Å²) in [6.45, 7) is 7.60. The maximum atomic E-state index is 13.3. The number of aliphatic hydroxyl groups is 2. The molecule has 1 aromatic heterocycles. The number of benzene rings is 1. The number of carboxylic acid groups (broad SMARTS) is 1. The molecule has 12 heteroatoms. The zero-order chi connectivity index (χ0) is 29.5. The topological polar surface area (TPSA) is 150 Å². The Bertz CT molecular complexity index is 1350. The molecule has 2 amide bonds. The number of nitrogens with zero attached hydrogens (tertiary/aromatic N) is 5. The summed E-state index contributed by atoms with van der Waals surface area (Å²) >= 11 is 0. The predicted octanol–water partition coefficient (Wildman–Crippen LogP) is 1.25. The van der Waals surface area contributed by atoms with E-state index in [2.05, 4.69) is 31.9 Å². The molecule has 5 heterocycles. The van der Waals surface area contributed by atoms with Crippen molar-refractivity contribution in [2.24, 2.45) is 5.92 Å². The number of amides is 2. The number of hydrogen-bond acceptors (Lipinski definition) is 9. The van der Waals surface area contributed by atoms with Gasteiger partial charge in [-0.25, -0.2) is 9.78 Å². The molecule has 0 bridgehead atoms. The Hall–Kier alpha value is -3.74. The lowest BCUT2D eigenvalue weighted by Crippen LogP contribution is -2.55. The normalized spacial score (nSPS) is 27.3. The minimum Gasteiger partial charge on any atom is -0.478 e. The van der Waals surface area contributed by atoms with Gasteiger partial charge in [-0.3, -0.25) is 19.4 Å². The third kappa shape index (κ3) is 5.41. The van der Waals surface area contributed by atoms with Gasteiger partial charge in [-0.05, 0) is 62.8 Å². The van der Waals surface area contributed by atoms with Gasteiger partial charge in [-0.1, -0.05) is 6.07 Å². The van der Waals surface area contributed by atoms with E-state index in [9.17, 15) is 24.6 Å². The highest BCUT2D eigenvalue weighted by atomic mass is 16.4. The molecular weight excluding hydrogens is 540 g/mol. The monoisotopic (exact) mass is 578 g/mol. The van der Waals surface area contributed by atoms with Crippen LogP contribution in [-0.4, -0.2) is 105 Å². The molecule has 4 aliphatic heterocycles. The number of hydrogen-bond donors (Lipinski definition) is 4. The summed E-state index contributed by atoms with van der Waals surface area (Å²) in [7, 11) is 0. The summed E-state index contributed by atoms with van der Waals surface area (Å²) in [5, 5.41) is 32.2. The summed E-state index contributed by atoms with van der Waals surface area (Å²) in [4.78, 5) is 49.5. The Kier molecular flexibility index (Phi) is 7.77. The molecule has 3 fully saturated rings. The average Bonchev–Trinajstić information content (AvgIpc) is 3.23. The molecule has 4 N–H and O–H groups in total. The standard InChI is InChI=1S/C30H38N6O6/c1-18-16-35(13-12-34(18)17-19-8-10-33(11-9-19)25-6-2-20(15-31-25)30(41)42)21-3-4-22-23(14-21)29(40)36(28(22)39)24-5-7-26(37)32-27(24)38/h2-4,6,14-15,18-19,24,26,28,37,39H,5,7-13,16-17H2,1H3,(H,32,38)(H,41,42)/t18-,24?,26?,28?/m0/s1. The number of aliphatic hydroxyl groups excluding tert-OH is 2. The number of anilines is 2. The van der Waals surface area contributed by atoms with E-state index in [1.54, 1.807) is 18.2 Å². The molecule has 0 aliphatic carbocycles. The number of piperazine rings is 1. The van der Waals surface area contributed by atoms with Crippen molar-refractivity contribution in [1.29, 1.82) is 0 Å². The fourth-order valence-electron chi connectivity index (χ4n) is 6.79. The highest BCUT2D eigenvalue weighted by molar-refractivity contribution is 6.02. The largest absolute Gasteiger partial charge is 0.478 e. The Morgan fingerprint density at radius 1 is 1.00 bits per heavy atom. The van der Waals surface area contributed by atoms with Gasteiger partial charge >= 0.3 is 5.97 Å². The molecule has 0 radical (unpaired) electrons. The van der Waals surface area contributed by atoms with Crippen molar-refractivity contribution in [1.82, 2.24) is 20.1 Å². The number of aromatic carboxylic acids is 1. The Labute approximate surface area is 244 Å². The molecule has 12 nitrogen and oxygen atoms in total. The van der Waals surface area contributed by atoms with E-state index >= 15 is 0 Å². The average molecular weight is 579 g/mol. The fourth-order valence-corrected chi connectivity index (χ4v) is 6.79. The first-order valence-corrected chi connectivity index (χ1v) is 14.8. The van der Waals surface area contributed by atoms with Crippen LogP contribution >= 0.6 is 0 Å². The quantitative estimate of drug-likeness (QED) is 0.395. The van der Waals surface area contributed by atoms with Gasteiger partial charge in [0.2, 0.25) is 5.91 Å². The van der Waals surface area contributed by atoms with Crippen molar-refractivity contribution < 1.29 is 29.7 Å². The van der Waals surface area contributed by atoms with Crippen molar-refractivity contribution in [3.8, 4) is 0 Å². The van der Waals surface area contributed by atoms with Crippen LogP contribution in [0.3, 0.4) is 0 Å². The number of rotatable bonds is 6. The maximum Gasteiger partial charge on any atom is 0.337 e. The number of aromatic nitrogens is 1. The molecule has 224 valence electrons. The van der Waals surface area contributed by atoms with E-state index in [0.29, 0.717) is 35.9 Å². The van der Waals surface area contributed by atoms with Crippen LogP contribution < -0.4 is 15.1 Å². The van der Waals surface area contributed by atoms with Crippen LogP contribution in [0, 0.1) is 5.92 Å². The molecule has 4 aliphatic rings. The first-order chi connectivity index (χ1) is 20.2. The number of carbonyl (C=O) groups is 3. The van der Waals surface area contributed by atoms with Crippen LogP contribution in [0.15, 0.2) is 36.5 Å². The van der Waals surface area contributed by atoms with Gasteiger partial charge in [0.25, 0.3) is 5.91 Å². The van der Waals surface area contributed by atoms with Crippen molar-refractivity contribution in [3.63, 3.8) is 0 Å². The first-order valence-electron chi connectivity index (χ1n) is 14.8. The van der Waals surface area contributed by atoms with E-state index in [-0.39, 0.29) is 11.5 Å². The second kappa shape index (κ2) is 11.5. The summed E-state index contributed by atoms with van der Waals surface area (Å²) < 4.78 is 0. The molecule has 6 rings (SSSR count). The predicted molar refractivity (Wildman–Crippen MR) is 154 cm³/mol. The maximum absolute atomic E-state index is 13.3. The van der Waals surface area contributed by atoms with Crippen LogP contribution in [0.5, 0.6) is 0 Å². The van der Waals surface area contributed by atoms with Crippen LogP contribution in [0.4, 0.5) is 11.5 Å². The summed E-state index contributed by atoms with van der Waals surface area (Å²) in [6, 6.07) is 8.48. The summed E-state index contributed by atoms with van der Waals surface area (Å²) in [5.74, 6) is -0.372. The molecule has 0 saturated carbocycles. The lowest BCUT2D eigenvalue weighted by atomic mass is 9.95. The zero-order valence-electron chi connectivity index (χ0n) is 23.7. The lowest BCUT2D eigenvalue weighted by molar-refractivity contribution is -0.136. The van der Waals surface area contributed by atoms with E-state index < -0.39 is 30.4 Å². The summed E-state index contributed by atoms with van der Waals surface area (Å²) in [6.07, 6.45) is 2.04. The van der Waals surface area contributed by atoms with Gasteiger partial charge in [0.15, 0.2) is 6.23 Å². The smallest absolute Gasteiger partial charge is 0.337 e. The van der Waals surface area contributed by atoms with Crippen molar-refractivity contribution in [2.75, 3.05) is 49.1 Å². The minimum absolute atomic E-state index is 0.197. The molecule has 42 heavy (non-hydrogen) atoms. The van der Waals surface area contributed by atoms with Gasteiger partial charge in [0.05, 0.1) is 5.56 Å². The van der Waals surface area contributed by atoms with Crippen LogP contribution in [-0.2, 0) is 4.79 Å². The fraction of sp³-hybridized carbons (Fsp3) is 0.533. The molecule has 1 aromatic carbocycles. The zero-order valence-corrected chi connectivity index (χ0v) is 23.7. The Morgan fingerprint density at radius 3 is 2.45 bits per heavy atom. The number of piperidine rings is 2. The van der Waals surface area contributed by atoms with Crippen molar-refractivity contribution in [3.05, 3.63) is 53.2 Å². The van der Waals surface area contributed by atoms with Gasteiger partial charge < -0.3 is 30.4 Å². The first kappa shape index (κ1) is 28.4. The molecule has 3 saturated heterocycles. The number of nitrogens with one attached hydrogen (secondary N) is 1. The molecule has 0 spiro atoms. The lowest BCUT2D eigenvalue weighted by Gasteiger charge is -2.43. The molecule has 4 atom stereocenters. The van der Waals surface area contributed by atoms with Gasteiger partial charge in [-0.15, -0.1) is 0 Å². The Balaban J connectivity index is 1.03. The van der Waals surface area contributed by atoms with Gasteiger partial charge in [0.1, 0.15) is 18.1 Å². The number of pyridine rings is 1. The highest BCUT2D eigenvalue weighted by Gasteiger charge is 2.44. The highest BCUT2D eigenvalue weighted by Crippen LogP contribution is 2.37. The van der Waals surface area contributed by atoms with Crippen molar-refractivity contribution in [2.45, 2.75) is 57.1 Å². The molecule has 3 unspecified atom stereocenters. The van der Waals surface area contributed by atoms with Crippen LogP contribution in [0.1, 0.15) is 65.1 Å². The SMILES string of the molecule is C[C@H]1CN(c2ccc3c(c2)C(=O)N(C2CCC(O)NC2=O)C3O)CCN1CC1CCN(c2ccc(C(=O)O)cn2)CC1. The second-order valence-corrected chi connectivity index (χ2v) is 11.9.